The Balaban J connectivity index is 0.000000446. The molecule has 1 saturated carbocycles. The van der Waals surface area contributed by atoms with Crippen molar-refractivity contribution in [2.24, 2.45) is 5.92 Å². The van der Waals surface area contributed by atoms with Gasteiger partial charge in [0.2, 0.25) is 0 Å². The maximum atomic E-state index is 10.9. The van der Waals surface area contributed by atoms with Crippen LogP contribution in [-0.2, 0) is 4.74 Å². The molecule has 1 aromatic rings. The minimum atomic E-state index is -0.375. The first-order valence-electron chi connectivity index (χ1n) is 8.10. The SMILES string of the molecule is C/C=C\c1cc([N+](=O)[O-])cc(/C=C/COC)c1C.CCC1CC1. The fourth-order valence-electron chi connectivity index (χ4n) is 2.17. The van der Waals surface area contributed by atoms with Gasteiger partial charge in [-0.2, -0.15) is 0 Å². The topological polar surface area (TPSA) is 52.4 Å². The Morgan fingerprint density at radius 2 is 1.91 bits per heavy atom. The second-order valence-electron chi connectivity index (χ2n) is 5.72. The van der Waals surface area contributed by atoms with Crippen LogP contribution >= 0.6 is 0 Å². The molecule has 0 aromatic heterocycles. The predicted octanol–water partition coefficient (Wildman–Crippen LogP) is 5.40. The number of nitrogens with zero attached hydrogens (tertiary/aromatic N) is 1. The molecule has 0 spiro atoms. The van der Waals surface area contributed by atoms with Crippen LogP contribution in [0, 0.1) is 23.0 Å². The molecule has 0 bridgehead atoms. The average Bonchev–Trinajstić information content (AvgIpc) is 3.36. The Bertz CT molecular complexity index is 572. The van der Waals surface area contributed by atoms with E-state index < -0.39 is 0 Å². The van der Waals surface area contributed by atoms with Gasteiger partial charge >= 0.3 is 0 Å². The molecule has 2 rings (SSSR count). The van der Waals surface area contributed by atoms with E-state index in [9.17, 15) is 10.1 Å². The van der Waals surface area contributed by atoms with Crippen molar-refractivity contribution in [2.45, 2.75) is 40.0 Å². The number of benzene rings is 1. The minimum absolute atomic E-state index is 0.103. The third-order valence-corrected chi connectivity index (χ3v) is 3.86. The van der Waals surface area contributed by atoms with Crippen molar-refractivity contribution >= 4 is 17.8 Å². The molecule has 0 N–H and O–H groups in total. The van der Waals surface area contributed by atoms with Gasteiger partial charge in [0.15, 0.2) is 0 Å². The molecule has 4 nitrogen and oxygen atoms in total. The van der Waals surface area contributed by atoms with Crippen LogP contribution in [0.3, 0.4) is 0 Å². The molecule has 0 radical (unpaired) electrons. The van der Waals surface area contributed by atoms with Crippen LogP contribution in [0.15, 0.2) is 24.3 Å². The lowest BCUT2D eigenvalue weighted by Crippen LogP contribution is -1.94. The zero-order valence-corrected chi connectivity index (χ0v) is 14.5. The summed E-state index contributed by atoms with van der Waals surface area (Å²) in [6.45, 7) is 6.59. The van der Waals surface area contributed by atoms with Gasteiger partial charge in [-0.25, -0.2) is 0 Å². The highest BCUT2D eigenvalue weighted by atomic mass is 16.6. The van der Waals surface area contributed by atoms with E-state index in [1.165, 1.54) is 19.3 Å². The first kappa shape index (κ1) is 19.1. The number of allylic oxidation sites excluding steroid dienone is 1. The second-order valence-corrected chi connectivity index (χ2v) is 5.72. The summed E-state index contributed by atoms with van der Waals surface area (Å²) < 4.78 is 4.92. The van der Waals surface area contributed by atoms with E-state index in [0.29, 0.717) is 6.61 Å². The summed E-state index contributed by atoms with van der Waals surface area (Å²) in [6.07, 6.45) is 11.9. The summed E-state index contributed by atoms with van der Waals surface area (Å²) in [5.74, 6) is 1.13. The first-order chi connectivity index (χ1) is 11.0. The molecule has 0 heterocycles. The fourth-order valence-corrected chi connectivity index (χ4v) is 2.17. The Hall–Kier alpha value is -1.94. The van der Waals surface area contributed by atoms with Gasteiger partial charge in [-0.1, -0.05) is 50.5 Å². The molecule has 1 aliphatic rings. The third-order valence-electron chi connectivity index (χ3n) is 3.86. The first-order valence-corrected chi connectivity index (χ1v) is 8.10. The zero-order chi connectivity index (χ0) is 17.2. The molecule has 1 aromatic carbocycles. The molecule has 126 valence electrons. The van der Waals surface area contributed by atoms with Crippen molar-refractivity contribution in [3.8, 4) is 0 Å². The van der Waals surface area contributed by atoms with Gasteiger partial charge < -0.3 is 4.74 Å². The standard InChI is InChI=1S/C14H17NO3.C5H10/c1-4-6-12-9-14(15(16)17)10-13(11(12)2)7-5-8-18-3;1-2-5-3-4-5/h4-7,9-10H,8H2,1-3H3;5H,2-4H2,1H3/b6-4-,7-5+;. The number of non-ortho nitro benzene ring substituents is 1. The Kier molecular flexibility index (Phi) is 8.27. The van der Waals surface area contributed by atoms with Crippen LogP contribution in [-0.4, -0.2) is 18.6 Å². The molecule has 0 saturated heterocycles. The van der Waals surface area contributed by atoms with Gasteiger partial charge in [0, 0.05) is 19.2 Å². The van der Waals surface area contributed by atoms with Crippen molar-refractivity contribution in [2.75, 3.05) is 13.7 Å². The van der Waals surface area contributed by atoms with Crippen LogP contribution in [0.5, 0.6) is 0 Å². The monoisotopic (exact) mass is 317 g/mol. The highest BCUT2D eigenvalue weighted by Crippen LogP contribution is 2.31. The number of hydrogen-bond acceptors (Lipinski definition) is 3. The summed E-state index contributed by atoms with van der Waals surface area (Å²) in [4.78, 5) is 10.5. The number of rotatable bonds is 6. The van der Waals surface area contributed by atoms with E-state index in [4.69, 9.17) is 4.74 Å². The highest BCUT2D eigenvalue weighted by Gasteiger charge is 2.17. The normalized spacial score (nSPS) is 14.1. The van der Waals surface area contributed by atoms with Crippen LogP contribution in [0.4, 0.5) is 5.69 Å². The van der Waals surface area contributed by atoms with E-state index in [2.05, 4.69) is 6.92 Å². The van der Waals surface area contributed by atoms with Crippen LogP contribution in [0.1, 0.15) is 49.8 Å². The van der Waals surface area contributed by atoms with E-state index >= 15 is 0 Å². The highest BCUT2D eigenvalue weighted by molar-refractivity contribution is 5.67. The van der Waals surface area contributed by atoms with Crippen molar-refractivity contribution in [1.82, 2.24) is 0 Å². The molecule has 0 unspecified atom stereocenters. The molecule has 0 aliphatic heterocycles. The Morgan fingerprint density at radius 1 is 1.30 bits per heavy atom. The molecule has 0 amide bonds. The van der Waals surface area contributed by atoms with Crippen molar-refractivity contribution in [3.63, 3.8) is 0 Å². The lowest BCUT2D eigenvalue weighted by Gasteiger charge is -2.05. The number of nitro groups is 1. The molecule has 4 heteroatoms. The molecule has 0 atom stereocenters. The predicted molar refractivity (Wildman–Crippen MR) is 96.5 cm³/mol. The fraction of sp³-hybridized carbons (Fsp3) is 0.474. The lowest BCUT2D eigenvalue weighted by molar-refractivity contribution is -0.384. The van der Waals surface area contributed by atoms with Crippen LogP contribution in [0.2, 0.25) is 0 Å². The number of nitro benzene ring substituents is 1. The largest absolute Gasteiger partial charge is 0.381 e. The molecular formula is C19H27NO3. The maximum Gasteiger partial charge on any atom is 0.270 e. The van der Waals surface area contributed by atoms with E-state index in [1.54, 1.807) is 19.2 Å². The maximum absolute atomic E-state index is 10.9. The van der Waals surface area contributed by atoms with E-state index in [-0.39, 0.29) is 10.6 Å². The van der Waals surface area contributed by atoms with Crippen molar-refractivity contribution < 1.29 is 9.66 Å². The second kappa shape index (κ2) is 9.95. The van der Waals surface area contributed by atoms with Gasteiger partial charge in [-0.3, -0.25) is 10.1 Å². The summed E-state index contributed by atoms with van der Waals surface area (Å²) in [7, 11) is 1.61. The van der Waals surface area contributed by atoms with Gasteiger partial charge in [0.05, 0.1) is 11.5 Å². The minimum Gasteiger partial charge on any atom is -0.381 e. The van der Waals surface area contributed by atoms with E-state index in [0.717, 1.165) is 22.6 Å². The number of methoxy groups -OCH3 is 1. The molecule has 23 heavy (non-hydrogen) atoms. The van der Waals surface area contributed by atoms with Gasteiger partial charge in [0.1, 0.15) is 0 Å². The summed E-state index contributed by atoms with van der Waals surface area (Å²) in [5.41, 5.74) is 2.83. The summed E-state index contributed by atoms with van der Waals surface area (Å²) >= 11 is 0. The van der Waals surface area contributed by atoms with Crippen molar-refractivity contribution in [3.05, 3.63) is 51.1 Å². The molecule has 1 fully saturated rings. The Labute approximate surface area is 139 Å². The quantitative estimate of drug-likeness (QED) is 0.521. The summed E-state index contributed by atoms with van der Waals surface area (Å²) in [6, 6.07) is 3.16. The third kappa shape index (κ3) is 6.78. The zero-order valence-electron chi connectivity index (χ0n) is 14.5. The van der Waals surface area contributed by atoms with Crippen molar-refractivity contribution in [1.29, 1.82) is 0 Å². The van der Waals surface area contributed by atoms with Gasteiger partial charge in [0.25, 0.3) is 5.69 Å². The average molecular weight is 317 g/mol. The molecule has 1 aliphatic carbocycles. The van der Waals surface area contributed by atoms with E-state index in [1.807, 2.05) is 38.2 Å². The lowest BCUT2D eigenvalue weighted by atomic mass is 10.0. The number of ether oxygens (including phenoxy) is 1. The van der Waals surface area contributed by atoms with Gasteiger partial charge in [-0.15, -0.1) is 0 Å². The Morgan fingerprint density at radius 3 is 2.30 bits per heavy atom. The number of hydrogen-bond donors (Lipinski definition) is 0. The van der Waals surface area contributed by atoms with Gasteiger partial charge in [-0.05, 0) is 36.5 Å². The van der Waals surface area contributed by atoms with Crippen LogP contribution in [0.25, 0.3) is 12.2 Å². The molecular weight excluding hydrogens is 290 g/mol. The smallest absolute Gasteiger partial charge is 0.270 e. The van der Waals surface area contributed by atoms with Crippen LogP contribution < -0.4 is 0 Å². The summed E-state index contributed by atoms with van der Waals surface area (Å²) in [5, 5.41) is 10.9.